The fourth-order valence-electron chi connectivity index (χ4n) is 1.89. The Bertz CT molecular complexity index is 581. The summed E-state index contributed by atoms with van der Waals surface area (Å²) in [6.45, 7) is 0. The van der Waals surface area contributed by atoms with E-state index in [0.717, 1.165) is 0 Å². The minimum atomic E-state index is -3.68. The first-order chi connectivity index (χ1) is 8.73. The summed E-state index contributed by atoms with van der Waals surface area (Å²) in [7, 11) is -2.30. The molecule has 0 spiro atoms. The van der Waals surface area contributed by atoms with E-state index >= 15 is 0 Å². The zero-order valence-corrected chi connectivity index (χ0v) is 13.1. The van der Waals surface area contributed by atoms with Crippen LogP contribution in [0.5, 0.6) is 5.75 Å². The molecule has 0 radical (unpaired) electrons. The third-order valence-electron chi connectivity index (χ3n) is 2.83. The van der Waals surface area contributed by atoms with Gasteiger partial charge in [0, 0.05) is 17.1 Å². The van der Waals surface area contributed by atoms with Gasteiger partial charge in [-0.1, -0.05) is 11.6 Å². The molecule has 1 aliphatic carbocycles. The molecule has 4 nitrogen and oxygen atoms in total. The lowest BCUT2D eigenvalue weighted by Crippen LogP contribution is -2.49. The van der Waals surface area contributed by atoms with Gasteiger partial charge in [0.1, 0.15) is 15.0 Å². The van der Waals surface area contributed by atoms with E-state index in [2.05, 4.69) is 4.72 Å². The van der Waals surface area contributed by atoms with Gasteiger partial charge in [0.15, 0.2) is 0 Å². The van der Waals surface area contributed by atoms with Crippen molar-refractivity contribution in [2.75, 3.05) is 7.11 Å². The first kappa shape index (κ1) is 15.2. The summed E-state index contributed by atoms with van der Waals surface area (Å²) in [4.78, 5) is 0.0426. The van der Waals surface area contributed by atoms with Crippen LogP contribution >= 0.6 is 34.8 Å². The van der Waals surface area contributed by atoms with Gasteiger partial charge in [0.05, 0.1) is 7.11 Å². The molecule has 1 fully saturated rings. The lowest BCUT2D eigenvalue weighted by Gasteiger charge is -2.38. The van der Waals surface area contributed by atoms with Crippen molar-refractivity contribution in [3.05, 3.63) is 23.2 Å². The highest BCUT2D eigenvalue weighted by atomic mass is 35.5. The normalized spacial score (nSPS) is 18.9. The van der Waals surface area contributed by atoms with E-state index in [0.29, 0.717) is 17.9 Å². The van der Waals surface area contributed by atoms with E-state index in [1.165, 1.54) is 25.3 Å². The van der Waals surface area contributed by atoms with Crippen molar-refractivity contribution < 1.29 is 13.2 Å². The molecule has 0 atom stereocenters. The number of ether oxygens (including phenoxy) is 1. The number of sulfonamides is 1. The Hall–Kier alpha value is -0.200. The largest absolute Gasteiger partial charge is 0.495 e. The lowest BCUT2D eigenvalue weighted by atomic mass is 9.93. The number of rotatable bonds is 4. The molecule has 1 N–H and O–H groups in total. The van der Waals surface area contributed by atoms with Crippen molar-refractivity contribution in [2.45, 2.75) is 28.1 Å². The molecule has 106 valence electrons. The van der Waals surface area contributed by atoms with E-state index in [1.807, 2.05) is 0 Å². The second-order valence-electron chi connectivity index (χ2n) is 4.38. The average molecular weight is 345 g/mol. The van der Waals surface area contributed by atoms with Gasteiger partial charge in [-0.2, -0.15) is 0 Å². The van der Waals surface area contributed by atoms with Gasteiger partial charge < -0.3 is 4.74 Å². The molecule has 1 aromatic rings. The summed E-state index contributed by atoms with van der Waals surface area (Å²) in [5.41, 5.74) is 0. The molecule has 1 saturated carbocycles. The molecule has 0 saturated heterocycles. The summed E-state index contributed by atoms with van der Waals surface area (Å²) >= 11 is 17.5. The maximum atomic E-state index is 12.2. The minimum Gasteiger partial charge on any atom is -0.495 e. The Balaban J connectivity index is 2.21. The number of methoxy groups -OCH3 is 1. The van der Waals surface area contributed by atoms with Gasteiger partial charge >= 0.3 is 0 Å². The topological polar surface area (TPSA) is 55.4 Å². The van der Waals surface area contributed by atoms with Crippen LogP contribution in [0.1, 0.15) is 12.8 Å². The molecule has 1 aliphatic rings. The number of halogens is 3. The van der Waals surface area contributed by atoms with Crippen LogP contribution in [0.4, 0.5) is 0 Å². The van der Waals surface area contributed by atoms with E-state index < -0.39 is 14.4 Å². The molecule has 0 aliphatic heterocycles. The molecular formula is C11H12Cl3NO3S. The predicted octanol–water partition coefficient (Wildman–Crippen LogP) is 2.96. The van der Waals surface area contributed by atoms with E-state index in [1.54, 1.807) is 0 Å². The summed E-state index contributed by atoms with van der Waals surface area (Å²) in [5, 5.41) is 0.403. The highest BCUT2D eigenvalue weighted by Gasteiger charge is 2.43. The first-order valence-electron chi connectivity index (χ1n) is 5.47. The number of alkyl halides is 2. The molecule has 0 heterocycles. The fourth-order valence-corrected chi connectivity index (χ4v) is 4.18. The Labute approximate surface area is 127 Å². The Morgan fingerprint density at radius 2 is 2.00 bits per heavy atom. The van der Waals surface area contributed by atoms with Crippen molar-refractivity contribution in [3.8, 4) is 5.75 Å². The van der Waals surface area contributed by atoms with Gasteiger partial charge in [-0.15, -0.1) is 23.2 Å². The third-order valence-corrected chi connectivity index (χ3v) is 5.24. The van der Waals surface area contributed by atoms with Gasteiger partial charge in [-0.25, -0.2) is 13.1 Å². The fraction of sp³-hybridized carbons (Fsp3) is 0.455. The summed E-state index contributed by atoms with van der Waals surface area (Å²) in [5.74, 6) is 0.197. The van der Waals surface area contributed by atoms with Gasteiger partial charge in [-0.05, 0) is 25.0 Å². The summed E-state index contributed by atoms with van der Waals surface area (Å²) < 4.78 is 31.2. The van der Waals surface area contributed by atoms with E-state index in [-0.39, 0.29) is 16.7 Å². The maximum Gasteiger partial charge on any atom is 0.244 e. The molecule has 0 amide bonds. The second kappa shape index (κ2) is 5.30. The highest BCUT2D eigenvalue weighted by Crippen LogP contribution is 2.43. The van der Waals surface area contributed by atoms with Crippen LogP contribution in [-0.2, 0) is 10.0 Å². The second-order valence-corrected chi connectivity index (χ2v) is 8.14. The van der Waals surface area contributed by atoms with Crippen LogP contribution < -0.4 is 9.46 Å². The quantitative estimate of drug-likeness (QED) is 0.854. The molecule has 1 aromatic carbocycles. The molecular weight excluding hydrogens is 333 g/mol. The van der Waals surface area contributed by atoms with Crippen molar-refractivity contribution in [3.63, 3.8) is 0 Å². The smallest absolute Gasteiger partial charge is 0.244 e. The number of nitrogens with one attached hydrogen (secondary N) is 1. The standard InChI is InChI=1S/C11H12Cl3NO3S/c1-18-9-4-7(12)2-3-10(9)19(16,17)15-8-5-11(13,14)6-8/h2-4,8,15H,5-6H2,1H3. The van der Waals surface area contributed by atoms with Crippen molar-refractivity contribution in [1.82, 2.24) is 4.72 Å². The summed E-state index contributed by atoms with van der Waals surface area (Å²) in [6.07, 6.45) is 0.760. The number of benzene rings is 1. The van der Waals surface area contributed by atoms with Crippen LogP contribution in [0.25, 0.3) is 0 Å². The van der Waals surface area contributed by atoms with Crippen LogP contribution in [0.15, 0.2) is 23.1 Å². The molecule has 0 bridgehead atoms. The van der Waals surface area contributed by atoms with Crippen LogP contribution in [-0.4, -0.2) is 25.9 Å². The zero-order valence-electron chi connectivity index (χ0n) is 9.99. The number of hydrogen-bond acceptors (Lipinski definition) is 3. The Morgan fingerprint density at radius 1 is 1.37 bits per heavy atom. The minimum absolute atomic E-state index is 0.0426. The van der Waals surface area contributed by atoms with Gasteiger partial charge in [-0.3, -0.25) is 0 Å². The van der Waals surface area contributed by atoms with Gasteiger partial charge in [0.2, 0.25) is 10.0 Å². The maximum absolute atomic E-state index is 12.2. The average Bonchev–Trinajstić information content (AvgIpc) is 2.25. The first-order valence-corrected chi connectivity index (χ1v) is 8.09. The SMILES string of the molecule is COc1cc(Cl)ccc1S(=O)(=O)NC1CC(Cl)(Cl)C1. The van der Waals surface area contributed by atoms with E-state index in [9.17, 15) is 8.42 Å². The van der Waals surface area contributed by atoms with Crippen molar-refractivity contribution in [1.29, 1.82) is 0 Å². The molecule has 8 heteroatoms. The lowest BCUT2D eigenvalue weighted by molar-refractivity contribution is 0.357. The monoisotopic (exact) mass is 343 g/mol. The number of hydrogen-bond donors (Lipinski definition) is 1. The molecule has 0 aromatic heterocycles. The van der Waals surface area contributed by atoms with Crippen molar-refractivity contribution >= 4 is 44.8 Å². The Morgan fingerprint density at radius 3 is 2.53 bits per heavy atom. The van der Waals surface area contributed by atoms with Crippen molar-refractivity contribution in [2.24, 2.45) is 0 Å². The third kappa shape index (κ3) is 3.47. The van der Waals surface area contributed by atoms with E-state index in [4.69, 9.17) is 39.5 Å². The van der Waals surface area contributed by atoms with Crippen LogP contribution in [0, 0.1) is 0 Å². The van der Waals surface area contributed by atoms with Crippen LogP contribution in [0.3, 0.4) is 0 Å². The highest BCUT2D eigenvalue weighted by molar-refractivity contribution is 7.89. The zero-order chi connectivity index (χ0) is 14.3. The molecule has 2 rings (SSSR count). The summed E-state index contributed by atoms with van der Waals surface area (Å²) in [6, 6.07) is 4.08. The van der Waals surface area contributed by atoms with Crippen LogP contribution in [0.2, 0.25) is 5.02 Å². The van der Waals surface area contributed by atoms with Gasteiger partial charge in [0.25, 0.3) is 0 Å². The predicted molar refractivity (Wildman–Crippen MR) is 75.8 cm³/mol. The Kier molecular flexibility index (Phi) is 4.23. The molecule has 0 unspecified atom stereocenters. The molecule has 19 heavy (non-hydrogen) atoms.